The maximum atomic E-state index is 13.3. The Morgan fingerprint density at radius 2 is 1.78 bits per heavy atom. The van der Waals surface area contributed by atoms with Gasteiger partial charge in [-0.25, -0.2) is 0 Å². The molecule has 1 N–H and O–H groups in total. The molecular formula is C29H30N2O5. The van der Waals surface area contributed by atoms with Gasteiger partial charge in [-0.3, -0.25) is 14.6 Å². The molecule has 4 rings (SSSR count). The fraction of sp³-hybridized carbons (Fsp3) is 0.276. The number of hydrogen-bond acceptors (Lipinski definition) is 6. The van der Waals surface area contributed by atoms with Gasteiger partial charge >= 0.3 is 0 Å². The Balaban J connectivity index is 1.87. The number of carbonyl (C=O) groups excluding carboxylic acids is 2. The molecule has 1 unspecified atom stereocenters. The fourth-order valence-electron chi connectivity index (χ4n) is 4.45. The second-order valence-electron chi connectivity index (χ2n) is 9.70. The molecule has 0 saturated carbocycles. The predicted octanol–water partition coefficient (Wildman–Crippen LogP) is 5.02. The lowest BCUT2D eigenvalue weighted by Crippen LogP contribution is -2.29. The number of aliphatic hydroxyl groups excluding tert-OH is 1. The first-order chi connectivity index (χ1) is 17.2. The van der Waals surface area contributed by atoms with E-state index in [2.05, 4.69) is 4.98 Å². The number of likely N-dealkylation sites (tertiary alicyclic amines) is 1. The monoisotopic (exact) mass is 486 g/mol. The van der Waals surface area contributed by atoms with Gasteiger partial charge < -0.3 is 19.5 Å². The van der Waals surface area contributed by atoms with Crippen molar-refractivity contribution in [3.8, 4) is 11.5 Å². The van der Waals surface area contributed by atoms with Gasteiger partial charge in [-0.15, -0.1) is 0 Å². The number of aliphatic hydroxyl groups is 1. The quantitative estimate of drug-likeness (QED) is 0.299. The van der Waals surface area contributed by atoms with E-state index in [4.69, 9.17) is 9.47 Å². The highest BCUT2D eigenvalue weighted by atomic mass is 16.5. The summed E-state index contributed by atoms with van der Waals surface area (Å²) in [7, 11) is 3.16. The molecule has 1 aromatic heterocycles. The molecule has 1 saturated heterocycles. The molecule has 2 heterocycles. The van der Waals surface area contributed by atoms with Crippen molar-refractivity contribution in [3.05, 3.63) is 94.8 Å². The minimum Gasteiger partial charge on any atom is -0.507 e. The smallest absolute Gasteiger partial charge is 0.296 e. The summed E-state index contributed by atoms with van der Waals surface area (Å²) in [6.07, 6.45) is 1.60. The lowest BCUT2D eigenvalue weighted by molar-refractivity contribution is -0.140. The van der Waals surface area contributed by atoms with Crippen molar-refractivity contribution in [2.75, 3.05) is 14.2 Å². The number of ketones is 1. The van der Waals surface area contributed by atoms with Crippen molar-refractivity contribution >= 4 is 17.4 Å². The number of Topliss-reactive ketones (excluding diaryl/α,β-unsaturated/α-hetero) is 1. The first-order valence-corrected chi connectivity index (χ1v) is 11.7. The Morgan fingerprint density at radius 1 is 1.00 bits per heavy atom. The van der Waals surface area contributed by atoms with E-state index in [-0.39, 0.29) is 23.3 Å². The zero-order valence-electron chi connectivity index (χ0n) is 21.1. The molecule has 1 aliphatic rings. The van der Waals surface area contributed by atoms with Crippen LogP contribution in [-0.4, -0.2) is 40.9 Å². The summed E-state index contributed by atoms with van der Waals surface area (Å²) in [5, 5.41) is 11.5. The molecule has 3 aromatic rings. The average Bonchev–Trinajstić information content (AvgIpc) is 3.13. The van der Waals surface area contributed by atoms with Crippen molar-refractivity contribution in [1.29, 1.82) is 0 Å². The van der Waals surface area contributed by atoms with E-state index < -0.39 is 17.7 Å². The molecule has 1 aliphatic heterocycles. The summed E-state index contributed by atoms with van der Waals surface area (Å²) >= 11 is 0. The number of ether oxygens (including phenoxy) is 2. The molecule has 36 heavy (non-hydrogen) atoms. The van der Waals surface area contributed by atoms with E-state index >= 15 is 0 Å². The Hall–Kier alpha value is -4.13. The minimum atomic E-state index is -0.849. The number of amides is 1. The first kappa shape index (κ1) is 25.0. The number of hydrogen-bond donors (Lipinski definition) is 1. The number of benzene rings is 2. The zero-order chi connectivity index (χ0) is 26.0. The van der Waals surface area contributed by atoms with Crippen LogP contribution in [0.1, 0.15) is 49.2 Å². The van der Waals surface area contributed by atoms with Crippen LogP contribution < -0.4 is 9.47 Å². The number of nitrogens with zero attached hydrogens (tertiary/aromatic N) is 2. The molecule has 7 nitrogen and oxygen atoms in total. The summed E-state index contributed by atoms with van der Waals surface area (Å²) in [5.74, 6) is -0.366. The Kier molecular flexibility index (Phi) is 6.84. The van der Waals surface area contributed by atoms with Gasteiger partial charge in [0, 0.05) is 23.9 Å². The predicted molar refractivity (Wildman–Crippen MR) is 137 cm³/mol. The summed E-state index contributed by atoms with van der Waals surface area (Å²) < 4.78 is 10.8. The average molecular weight is 487 g/mol. The Morgan fingerprint density at radius 3 is 2.42 bits per heavy atom. The van der Waals surface area contributed by atoms with Gasteiger partial charge in [0.1, 0.15) is 23.3 Å². The van der Waals surface area contributed by atoms with Crippen LogP contribution in [0.4, 0.5) is 0 Å². The first-order valence-electron chi connectivity index (χ1n) is 11.7. The molecule has 1 amide bonds. The summed E-state index contributed by atoms with van der Waals surface area (Å²) in [4.78, 5) is 32.5. The van der Waals surface area contributed by atoms with Crippen molar-refractivity contribution in [2.24, 2.45) is 0 Å². The third-order valence-electron chi connectivity index (χ3n) is 6.28. The van der Waals surface area contributed by atoms with E-state index in [1.165, 1.54) is 4.90 Å². The fourth-order valence-corrected chi connectivity index (χ4v) is 4.45. The van der Waals surface area contributed by atoms with Crippen LogP contribution in [0.2, 0.25) is 0 Å². The molecule has 0 radical (unpaired) electrons. The number of pyridine rings is 1. The summed E-state index contributed by atoms with van der Waals surface area (Å²) in [6.45, 7) is 6.26. The molecule has 0 aliphatic carbocycles. The van der Waals surface area contributed by atoms with E-state index in [1.807, 2.05) is 45.0 Å². The maximum Gasteiger partial charge on any atom is 0.296 e. The molecule has 2 aromatic carbocycles. The Labute approximate surface area is 211 Å². The van der Waals surface area contributed by atoms with Crippen LogP contribution in [0.3, 0.4) is 0 Å². The van der Waals surface area contributed by atoms with Crippen LogP contribution >= 0.6 is 0 Å². The number of aromatic nitrogens is 1. The van der Waals surface area contributed by atoms with Crippen molar-refractivity contribution in [2.45, 2.75) is 38.8 Å². The summed E-state index contributed by atoms with van der Waals surface area (Å²) in [6, 6.07) is 17.0. The van der Waals surface area contributed by atoms with Crippen LogP contribution in [0, 0.1) is 0 Å². The van der Waals surface area contributed by atoms with Gasteiger partial charge in [-0.1, -0.05) is 39.0 Å². The van der Waals surface area contributed by atoms with Crippen LogP contribution in [-0.2, 0) is 21.5 Å². The van der Waals surface area contributed by atoms with E-state index in [0.717, 1.165) is 11.1 Å². The van der Waals surface area contributed by atoms with Gasteiger partial charge in [0.2, 0.25) is 0 Å². The number of carbonyl (C=O) groups is 2. The molecule has 0 spiro atoms. The molecule has 0 bridgehead atoms. The van der Waals surface area contributed by atoms with Gasteiger partial charge in [-0.05, 0) is 53.4 Å². The second kappa shape index (κ2) is 9.85. The van der Waals surface area contributed by atoms with Crippen molar-refractivity contribution < 1.29 is 24.2 Å². The van der Waals surface area contributed by atoms with Crippen molar-refractivity contribution in [3.63, 3.8) is 0 Å². The lowest BCUT2D eigenvalue weighted by Gasteiger charge is -2.25. The Bertz CT molecular complexity index is 1320. The minimum absolute atomic E-state index is 0.00613. The largest absolute Gasteiger partial charge is 0.507 e. The highest BCUT2D eigenvalue weighted by Crippen LogP contribution is 2.41. The lowest BCUT2D eigenvalue weighted by atomic mass is 9.84. The van der Waals surface area contributed by atoms with Crippen LogP contribution in [0.25, 0.3) is 5.76 Å². The molecular weight excluding hydrogens is 456 g/mol. The third kappa shape index (κ3) is 4.69. The standard InChI is InChI=1S/C29H30N2O5/c1-29(2,3)21-16-19(12-13-23(21)36-5)26(32)24-25(22-11-6-7-14-30-22)31(28(34)27(24)33)17-18-9-8-10-20(15-18)35-4/h6-16,25,32H,17H2,1-5H3/b26-24-. The topological polar surface area (TPSA) is 89.0 Å². The van der Waals surface area contributed by atoms with Gasteiger partial charge in [-0.2, -0.15) is 0 Å². The van der Waals surface area contributed by atoms with Gasteiger partial charge in [0.15, 0.2) is 0 Å². The normalized spacial score (nSPS) is 17.4. The third-order valence-corrected chi connectivity index (χ3v) is 6.28. The molecule has 1 atom stereocenters. The van der Waals surface area contributed by atoms with Crippen molar-refractivity contribution in [1.82, 2.24) is 9.88 Å². The number of methoxy groups -OCH3 is 2. The van der Waals surface area contributed by atoms with E-state index in [0.29, 0.717) is 22.8 Å². The summed E-state index contributed by atoms with van der Waals surface area (Å²) in [5.41, 5.74) is 2.31. The second-order valence-corrected chi connectivity index (χ2v) is 9.70. The zero-order valence-corrected chi connectivity index (χ0v) is 21.1. The maximum absolute atomic E-state index is 13.3. The van der Waals surface area contributed by atoms with E-state index in [1.54, 1.807) is 56.8 Å². The van der Waals surface area contributed by atoms with Crippen LogP contribution in [0.15, 0.2) is 72.4 Å². The molecule has 186 valence electrons. The van der Waals surface area contributed by atoms with E-state index in [9.17, 15) is 14.7 Å². The highest BCUT2D eigenvalue weighted by molar-refractivity contribution is 6.46. The highest BCUT2D eigenvalue weighted by Gasteiger charge is 2.46. The SMILES string of the molecule is COc1cccc(CN2C(=O)C(=O)/C(=C(\O)c3ccc(OC)c(C(C)(C)C)c3)C2c2ccccn2)c1. The van der Waals surface area contributed by atoms with Crippen LogP contribution in [0.5, 0.6) is 11.5 Å². The van der Waals surface area contributed by atoms with Gasteiger partial charge in [0.25, 0.3) is 11.7 Å². The number of rotatable bonds is 6. The molecule has 1 fully saturated rings. The van der Waals surface area contributed by atoms with Gasteiger partial charge in [0.05, 0.1) is 25.5 Å². The molecule has 7 heteroatoms.